The number of esters is 1. The summed E-state index contributed by atoms with van der Waals surface area (Å²) in [5.41, 5.74) is 1.55. The lowest BCUT2D eigenvalue weighted by Gasteiger charge is -2.16. The van der Waals surface area contributed by atoms with Gasteiger partial charge in [-0.1, -0.05) is 37.3 Å². The average Bonchev–Trinajstić information content (AvgIpc) is 2.76. The highest BCUT2D eigenvalue weighted by Crippen LogP contribution is 2.27. The van der Waals surface area contributed by atoms with Crippen molar-refractivity contribution < 1.29 is 14.3 Å². The van der Waals surface area contributed by atoms with Gasteiger partial charge in [0.2, 0.25) is 5.88 Å². The van der Waals surface area contributed by atoms with Crippen molar-refractivity contribution in [1.82, 2.24) is 14.8 Å². The number of hydrogen-bond donors (Lipinski definition) is 1. The summed E-state index contributed by atoms with van der Waals surface area (Å²) in [5.74, 6) is -0.476. The quantitative estimate of drug-likeness (QED) is 0.434. The van der Waals surface area contributed by atoms with Crippen LogP contribution in [0.1, 0.15) is 44.0 Å². The number of anilines is 2. The molecule has 0 radical (unpaired) electrons. The smallest absolute Gasteiger partial charge is 0.312 e. The molecule has 2 heterocycles. The lowest BCUT2D eigenvalue weighted by molar-refractivity contribution is -0.134. The fourth-order valence-corrected chi connectivity index (χ4v) is 3.07. The van der Waals surface area contributed by atoms with Crippen molar-refractivity contribution in [2.45, 2.75) is 40.2 Å². The van der Waals surface area contributed by atoms with Crippen molar-refractivity contribution >= 4 is 23.1 Å². The Morgan fingerprint density at radius 1 is 1.10 bits per heavy atom. The first-order valence-corrected chi connectivity index (χ1v) is 10.1. The third-order valence-corrected chi connectivity index (χ3v) is 4.53. The Kier molecular flexibility index (Phi) is 6.92. The van der Waals surface area contributed by atoms with E-state index in [1.54, 1.807) is 13.0 Å². The first-order chi connectivity index (χ1) is 14.9. The van der Waals surface area contributed by atoms with Gasteiger partial charge in [0.25, 0.3) is 5.56 Å². The summed E-state index contributed by atoms with van der Waals surface area (Å²) in [7, 11) is 0. The summed E-state index contributed by atoms with van der Waals surface area (Å²) in [4.78, 5) is 41.3. The molecule has 0 aliphatic carbocycles. The van der Waals surface area contributed by atoms with Crippen LogP contribution in [0.15, 0.2) is 53.5 Å². The van der Waals surface area contributed by atoms with Crippen molar-refractivity contribution in [3.05, 3.63) is 64.6 Å². The normalized spacial score (nSPS) is 10.5. The zero-order valence-electron chi connectivity index (χ0n) is 17.7. The van der Waals surface area contributed by atoms with Crippen molar-refractivity contribution in [1.29, 1.82) is 0 Å². The van der Waals surface area contributed by atoms with Crippen LogP contribution in [0.25, 0.3) is 11.3 Å². The van der Waals surface area contributed by atoms with Gasteiger partial charge in [0, 0.05) is 24.6 Å². The number of nitrogens with zero attached hydrogens (tertiary/aromatic N) is 3. The van der Waals surface area contributed by atoms with Gasteiger partial charge in [0.1, 0.15) is 11.4 Å². The van der Waals surface area contributed by atoms with E-state index in [0.717, 1.165) is 5.56 Å². The predicted molar refractivity (Wildman–Crippen MR) is 118 cm³/mol. The Morgan fingerprint density at radius 3 is 2.42 bits per heavy atom. The summed E-state index contributed by atoms with van der Waals surface area (Å²) in [6.45, 7) is 5.44. The number of rotatable bonds is 8. The highest BCUT2D eigenvalue weighted by atomic mass is 16.5. The van der Waals surface area contributed by atoms with E-state index in [-0.39, 0.29) is 28.9 Å². The molecule has 0 aliphatic heterocycles. The third kappa shape index (κ3) is 5.03. The molecule has 0 spiro atoms. The molecule has 8 nitrogen and oxygen atoms in total. The van der Waals surface area contributed by atoms with Crippen LogP contribution in [0.4, 0.5) is 11.4 Å². The molecule has 8 heteroatoms. The van der Waals surface area contributed by atoms with Crippen molar-refractivity contribution in [2.24, 2.45) is 0 Å². The Bertz CT molecular complexity index is 1140. The SMILES string of the molecule is CCCC(=O)Oc1ccc(Nc2c(C(C)=O)c(-c3ccccc3)nn(CC)c2=O)cn1. The lowest BCUT2D eigenvalue weighted by Crippen LogP contribution is -2.28. The zero-order valence-corrected chi connectivity index (χ0v) is 17.7. The molecule has 0 unspecified atom stereocenters. The number of ether oxygens (including phenoxy) is 1. The third-order valence-electron chi connectivity index (χ3n) is 4.53. The van der Waals surface area contributed by atoms with Crippen LogP contribution < -0.4 is 15.6 Å². The number of nitrogens with one attached hydrogen (secondary N) is 1. The Morgan fingerprint density at radius 2 is 1.84 bits per heavy atom. The van der Waals surface area contributed by atoms with Crippen LogP contribution >= 0.6 is 0 Å². The van der Waals surface area contributed by atoms with Crippen molar-refractivity contribution in [3.63, 3.8) is 0 Å². The van der Waals surface area contributed by atoms with Gasteiger partial charge in [0.05, 0.1) is 17.4 Å². The van der Waals surface area contributed by atoms with E-state index in [1.165, 1.54) is 23.9 Å². The van der Waals surface area contributed by atoms with Gasteiger partial charge in [-0.05, 0) is 26.3 Å². The first-order valence-electron chi connectivity index (χ1n) is 10.1. The molecule has 160 valence electrons. The van der Waals surface area contributed by atoms with E-state index in [2.05, 4.69) is 15.4 Å². The number of aromatic nitrogens is 3. The van der Waals surface area contributed by atoms with Gasteiger partial charge in [0.15, 0.2) is 5.78 Å². The standard InChI is InChI=1S/C23H24N4O4/c1-4-9-19(29)31-18-13-12-17(14-24-18)25-22-20(15(3)28)21(16-10-7-6-8-11-16)26-27(5-2)23(22)30/h6-8,10-14,25H,4-5,9H2,1-3H3. The zero-order chi connectivity index (χ0) is 22.4. The van der Waals surface area contributed by atoms with Gasteiger partial charge in [-0.2, -0.15) is 5.10 Å². The molecule has 0 aliphatic rings. The average molecular weight is 420 g/mol. The molecule has 0 saturated carbocycles. The number of ketones is 1. The van der Waals surface area contributed by atoms with Gasteiger partial charge < -0.3 is 10.1 Å². The first kappa shape index (κ1) is 21.9. The summed E-state index contributed by atoms with van der Waals surface area (Å²) in [6.07, 6.45) is 2.43. The highest BCUT2D eigenvalue weighted by Gasteiger charge is 2.22. The second kappa shape index (κ2) is 9.80. The second-order valence-corrected chi connectivity index (χ2v) is 6.88. The summed E-state index contributed by atoms with van der Waals surface area (Å²) < 4.78 is 6.46. The van der Waals surface area contributed by atoms with E-state index < -0.39 is 5.56 Å². The number of benzene rings is 1. The lowest BCUT2D eigenvalue weighted by atomic mass is 10.0. The van der Waals surface area contributed by atoms with E-state index in [0.29, 0.717) is 30.8 Å². The number of carbonyl (C=O) groups excluding carboxylic acids is 2. The fraction of sp³-hybridized carbons (Fsp3) is 0.261. The Labute approximate surface area is 179 Å². The maximum atomic E-state index is 13.0. The van der Waals surface area contributed by atoms with E-state index in [1.807, 2.05) is 37.3 Å². The molecule has 0 fully saturated rings. The largest absolute Gasteiger partial charge is 0.407 e. The number of pyridine rings is 1. The summed E-state index contributed by atoms with van der Waals surface area (Å²) in [6, 6.07) is 12.4. The van der Waals surface area contributed by atoms with Gasteiger partial charge >= 0.3 is 5.97 Å². The van der Waals surface area contributed by atoms with Crippen LogP contribution in [0.3, 0.4) is 0 Å². The molecule has 1 aromatic carbocycles. The maximum absolute atomic E-state index is 13.0. The molecule has 2 aromatic heterocycles. The predicted octanol–water partition coefficient (Wildman–Crippen LogP) is 3.98. The van der Waals surface area contributed by atoms with Crippen molar-refractivity contribution in [2.75, 3.05) is 5.32 Å². The summed E-state index contributed by atoms with van der Waals surface area (Å²) in [5, 5.41) is 7.43. The second-order valence-electron chi connectivity index (χ2n) is 6.88. The molecule has 0 atom stereocenters. The topological polar surface area (TPSA) is 103 Å². The number of Topliss-reactive ketones (excluding diaryl/α,β-unsaturated/α-hetero) is 1. The molecule has 3 aromatic rings. The van der Waals surface area contributed by atoms with Gasteiger partial charge in [-0.3, -0.25) is 14.4 Å². The number of carbonyl (C=O) groups is 2. The van der Waals surface area contributed by atoms with Crippen LogP contribution in [0.2, 0.25) is 0 Å². The summed E-state index contributed by atoms with van der Waals surface area (Å²) >= 11 is 0. The van der Waals surface area contributed by atoms with Crippen LogP contribution in [0.5, 0.6) is 5.88 Å². The monoisotopic (exact) mass is 420 g/mol. The molecular formula is C23H24N4O4. The number of aryl methyl sites for hydroxylation is 1. The molecule has 0 amide bonds. The van der Waals surface area contributed by atoms with E-state index in [4.69, 9.17) is 4.74 Å². The van der Waals surface area contributed by atoms with E-state index in [9.17, 15) is 14.4 Å². The Balaban J connectivity index is 2.03. The van der Waals surface area contributed by atoms with E-state index >= 15 is 0 Å². The molecule has 0 saturated heterocycles. The highest BCUT2D eigenvalue weighted by molar-refractivity contribution is 6.05. The molecule has 0 bridgehead atoms. The molecule has 3 rings (SSSR count). The van der Waals surface area contributed by atoms with Crippen LogP contribution in [0, 0.1) is 0 Å². The minimum absolute atomic E-state index is 0.126. The molecule has 1 N–H and O–H groups in total. The molecule has 31 heavy (non-hydrogen) atoms. The maximum Gasteiger partial charge on any atom is 0.312 e. The fourth-order valence-electron chi connectivity index (χ4n) is 3.07. The van der Waals surface area contributed by atoms with Gasteiger partial charge in [-0.25, -0.2) is 9.67 Å². The van der Waals surface area contributed by atoms with Crippen LogP contribution in [-0.2, 0) is 11.3 Å². The van der Waals surface area contributed by atoms with Crippen LogP contribution in [-0.4, -0.2) is 26.5 Å². The number of hydrogen-bond acceptors (Lipinski definition) is 7. The van der Waals surface area contributed by atoms with Gasteiger partial charge in [-0.15, -0.1) is 0 Å². The minimum Gasteiger partial charge on any atom is -0.407 e. The Hall–Kier alpha value is -3.81. The van der Waals surface area contributed by atoms with Crippen molar-refractivity contribution in [3.8, 4) is 17.1 Å². The minimum atomic E-state index is -0.411. The molecular weight excluding hydrogens is 396 g/mol.